The minimum Gasteiger partial charge on any atom is -0.383 e. The fraction of sp³-hybridized carbons (Fsp3) is 0.318. The van der Waals surface area contributed by atoms with Gasteiger partial charge in [-0.25, -0.2) is 9.18 Å². The Labute approximate surface area is 193 Å². The van der Waals surface area contributed by atoms with Gasteiger partial charge in [-0.1, -0.05) is 18.2 Å². The molecule has 1 aromatic carbocycles. The van der Waals surface area contributed by atoms with E-state index in [0.29, 0.717) is 11.1 Å². The summed E-state index contributed by atoms with van der Waals surface area (Å²) in [7, 11) is 2.83. The second-order valence-corrected chi connectivity index (χ2v) is 7.26. The molecule has 0 bridgehead atoms. The number of hydrogen-bond donors (Lipinski definition) is 0. The van der Waals surface area contributed by atoms with Crippen LogP contribution in [0.5, 0.6) is 0 Å². The number of nitrogens with zero attached hydrogens (tertiary/aromatic N) is 5. The molecule has 0 saturated carbocycles. The van der Waals surface area contributed by atoms with Gasteiger partial charge in [0.05, 0.1) is 44.0 Å². The average Bonchev–Trinajstić information content (AvgIpc) is 3.25. The van der Waals surface area contributed by atoms with E-state index in [1.807, 2.05) is 0 Å². The summed E-state index contributed by atoms with van der Waals surface area (Å²) >= 11 is 0. The molecule has 0 spiro atoms. The molecule has 34 heavy (non-hydrogen) atoms. The van der Waals surface area contributed by atoms with Crippen LogP contribution in [-0.2, 0) is 29.1 Å². The summed E-state index contributed by atoms with van der Waals surface area (Å²) in [4.78, 5) is 36.7. The van der Waals surface area contributed by atoms with Gasteiger partial charge in [-0.05, 0) is 18.2 Å². The predicted molar refractivity (Wildman–Crippen MR) is 122 cm³/mol. The molecule has 3 rings (SSSR count). The van der Waals surface area contributed by atoms with E-state index in [1.165, 1.54) is 43.3 Å². The highest BCUT2D eigenvalue weighted by Gasteiger charge is 2.26. The Balaban J connectivity index is 2.02. The van der Waals surface area contributed by atoms with Gasteiger partial charge in [-0.15, -0.1) is 0 Å². The van der Waals surface area contributed by atoms with Gasteiger partial charge in [0.2, 0.25) is 0 Å². The maximum absolute atomic E-state index is 13.9. The molecule has 0 aliphatic carbocycles. The number of hydrogen-bond acceptors (Lipinski definition) is 7. The molecule has 180 valence electrons. The molecular formula is C22H24FN5O6. The Kier molecular flexibility index (Phi) is 8.22. The average molecular weight is 473 g/mol. The lowest BCUT2D eigenvalue weighted by Crippen LogP contribution is -2.43. The van der Waals surface area contributed by atoms with E-state index in [4.69, 9.17) is 9.47 Å². The van der Waals surface area contributed by atoms with E-state index in [0.717, 1.165) is 9.13 Å². The lowest BCUT2D eigenvalue weighted by molar-refractivity contribution is -0.387. The first-order chi connectivity index (χ1) is 16.4. The van der Waals surface area contributed by atoms with Crippen molar-refractivity contribution in [1.29, 1.82) is 0 Å². The number of rotatable bonds is 11. The zero-order chi connectivity index (χ0) is 24.7. The van der Waals surface area contributed by atoms with Crippen molar-refractivity contribution in [3.63, 3.8) is 0 Å². The third kappa shape index (κ3) is 5.53. The number of aromatic nitrogens is 4. The summed E-state index contributed by atoms with van der Waals surface area (Å²) in [6.45, 7) is 0.188. The largest absolute Gasteiger partial charge is 0.383 e. The predicted octanol–water partition coefficient (Wildman–Crippen LogP) is 1.77. The van der Waals surface area contributed by atoms with Gasteiger partial charge < -0.3 is 9.47 Å². The van der Waals surface area contributed by atoms with Gasteiger partial charge in [0.25, 0.3) is 0 Å². The van der Waals surface area contributed by atoms with E-state index in [-0.39, 0.29) is 44.4 Å². The molecule has 0 fully saturated rings. The summed E-state index contributed by atoms with van der Waals surface area (Å²) in [5.74, 6) is -0.359. The van der Waals surface area contributed by atoms with Crippen LogP contribution in [-0.4, -0.2) is 51.3 Å². The van der Waals surface area contributed by atoms with Crippen molar-refractivity contribution in [2.24, 2.45) is 0 Å². The summed E-state index contributed by atoms with van der Waals surface area (Å²) in [6, 6.07) is 6.31. The topological polar surface area (TPSA) is 123 Å². The minimum atomic E-state index is -1.02. The van der Waals surface area contributed by atoms with Crippen LogP contribution in [0.2, 0.25) is 0 Å². The van der Waals surface area contributed by atoms with Gasteiger partial charge in [0.1, 0.15) is 11.5 Å². The SMILES string of the molecule is COCCn1c(C=Cc2cnn(Cc3ccccc3F)c2)c([N+](=O)[O-])c(=O)n(CCOC)c1=O. The molecule has 0 radical (unpaired) electrons. The highest BCUT2D eigenvalue weighted by molar-refractivity contribution is 5.71. The van der Waals surface area contributed by atoms with Crippen LogP contribution < -0.4 is 11.2 Å². The Morgan fingerprint density at radius 1 is 1.09 bits per heavy atom. The lowest BCUT2D eigenvalue weighted by Gasteiger charge is -2.13. The molecule has 0 N–H and O–H groups in total. The van der Waals surface area contributed by atoms with E-state index in [1.54, 1.807) is 24.4 Å². The fourth-order valence-corrected chi connectivity index (χ4v) is 3.35. The van der Waals surface area contributed by atoms with Crippen LogP contribution >= 0.6 is 0 Å². The van der Waals surface area contributed by atoms with Crippen LogP contribution in [0.15, 0.2) is 46.2 Å². The fourth-order valence-electron chi connectivity index (χ4n) is 3.35. The van der Waals surface area contributed by atoms with Crippen molar-refractivity contribution in [2.75, 3.05) is 27.4 Å². The van der Waals surface area contributed by atoms with Crippen molar-refractivity contribution in [3.8, 4) is 0 Å². The highest BCUT2D eigenvalue weighted by Crippen LogP contribution is 2.16. The number of benzene rings is 1. The molecule has 0 amide bonds. The molecule has 0 atom stereocenters. The van der Waals surface area contributed by atoms with E-state index >= 15 is 0 Å². The van der Waals surface area contributed by atoms with E-state index in [9.17, 15) is 24.1 Å². The number of halogens is 1. The van der Waals surface area contributed by atoms with Crippen molar-refractivity contribution in [2.45, 2.75) is 19.6 Å². The molecular weight excluding hydrogens is 449 g/mol. The standard InChI is InChI=1S/C22H24FN5O6/c1-33-11-9-26-19(20(28(31)32)21(29)27(22(26)30)10-12-34-2)8-7-16-13-24-25(14-16)15-17-5-3-4-6-18(17)23/h3-8,13-14H,9-12,15H2,1-2H3. The van der Waals surface area contributed by atoms with Crippen LogP contribution in [0.4, 0.5) is 10.1 Å². The molecule has 3 aromatic rings. The van der Waals surface area contributed by atoms with Gasteiger partial charge in [-0.2, -0.15) is 5.10 Å². The highest BCUT2D eigenvalue weighted by atomic mass is 19.1. The molecule has 0 aliphatic heterocycles. The lowest BCUT2D eigenvalue weighted by atomic mass is 10.2. The molecule has 2 aromatic heterocycles. The Bertz CT molecular complexity index is 1310. The summed E-state index contributed by atoms with van der Waals surface area (Å²) in [5, 5.41) is 16.0. The summed E-state index contributed by atoms with van der Waals surface area (Å²) in [6.07, 6.45) is 5.92. The van der Waals surface area contributed by atoms with Crippen molar-refractivity contribution < 1.29 is 18.8 Å². The van der Waals surface area contributed by atoms with Crippen LogP contribution in [0.3, 0.4) is 0 Å². The van der Waals surface area contributed by atoms with Crippen LogP contribution in [0.1, 0.15) is 16.8 Å². The Morgan fingerprint density at radius 3 is 2.41 bits per heavy atom. The van der Waals surface area contributed by atoms with Crippen molar-refractivity contribution in [3.05, 3.63) is 90.2 Å². The number of nitro groups is 1. The smallest absolute Gasteiger partial charge is 0.357 e. The molecule has 11 nitrogen and oxygen atoms in total. The quantitative estimate of drug-likeness (QED) is 0.307. The first-order valence-corrected chi connectivity index (χ1v) is 10.3. The second-order valence-electron chi connectivity index (χ2n) is 7.26. The zero-order valence-corrected chi connectivity index (χ0v) is 18.7. The van der Waals surface area contributed by atoms with Gasteiger partial charge in [0, 0.05) is 31.5 Å². The Hall–Kier alpha value is -3.90. The maximum Gasteiger partial charge on any atom is 0.357 e. The first kappa shape index (κ1) is 24.7. The van der Waals surface area contributed by atoms with Gasteiger partial charge in [-0.3, -0.25) is 28.7 Å². The summed E-state index contributed by atoms with van der Waals surface area (Å²) < 4.78 is 27.3. The van der Waals surface area contributed by atoms with Crippen molar-refractivity contribution >= 4 is 17.8 Å². The van der Waals surface area contributed by atoms with Crippen LogP contribution in [0.25, 0.3) is 12.2 Å². The first-order valence-electron chi connectivity index (χ1n) is 10.3. The third-order valence-corrected chi connectivity index (χ3v) is 5.04. The molecule has 0 saturated heterocycles. The molecule has 0 aliphatic rings. The Morgan fingerprint density at radius 2 is 1.76 bits per heavy atom. The zero-order valence-electron chi connectivity index (χ0n) is 18.7. The summed E-state index contributed by atoms with van der Waals surface area (Å²) in [5.41, 5.74) is -1.63. The number of ether oxygens (including phenoxy) is 2. The molecule has 2 heterocycles. The van der Waals surface area contributed by atoms with E-state index < -0.39 is 21.9 Å². The maximum atomic E-state index is 13.9. The monoisotopic (exact) mass is 473 g/mol. The minimum absolute atomic E-state index is 0.00431. The van der Waals surface area contributed by atoms with Crippen LogP contribution in [0, 0.1) is 15.9 Å². The molecule has 12 heteroatoms. The van der Waals surface area contributed by atoms with Gasteiger partial charge >= 0.3 is 16.9 Å². The van der Waals surface area contributed by atoms with Crippen molar-refractivity contribution in [1.82, 2.24) is 18.9 Å². The van der Waals surface area contributed by atoms with Gasteiger partial charge in [0.15, 0.2) is 0 Å². The number of methoxy groups -OCH3 is 2. The molecule has 0 unspecified atom stereocenters. The van der Waals surface area contributed by atoms with E-state index in [2.05, 4.69) is 5.10 Å². The third-order valence-electron chi connectivity index (χ3n) is 5.04. The normalized spacial score (nSPS) is 11.4. The second kappa shape index (κ2) is 11.3.